The van der Waals surface area contributed by atoms with Crippen molar-refractivity contribution in [2.45, 2.75) is 12.1 Å². The van der Waals surface area contributed by atoms with Crippen molar-refractivity contribution in [2.75, 3.05) is 11.1 Å². The number of aryl methyl sites for hydroxylation is 1. The molecule has 3 rings (SSSR count). The molecule has 8 heteroatoms. The van der Waals surface area contributed by atoms with Crippen LogP contribution < -0.4 is 5.32 Å². The van der Waals surface area contributed by atoms with Gasteiger partial charge in [0.05, 0.1) is 16.4 Å². The van der Waals surface area contributed by atoms with E-state index < -0.39 is 4.92 Å². The lowest BCUT2D eigenvalue weighted by Crippen LogP contribution is -2.14. The molecular weight excluding hydrogens is 364 g/mol. The van der Waals surface area contributed by atoms with Gasteiger partial charge in [0.15, 0.2) is 5.16 Å². The first-order chi connectivity index (χ1) is 13.0. The van der Waals surface area contributed by atoms with Crippen molar-refractivity contribution in [3.05, 3.63) is 76.5 Å². The summed E-state index contributed by atoms with van der Waals surface area (Å²) in [6.45, 7) is 1.88. The van der Waals surface area contributed by atoms with Gasteiger partial charge < -0.3 is 5.32 Å². The molecule has 0 atom stereocenters. The molecule has 0 aliphatic rings. The standard InChI is InChI=1S/C19H16N4O3S/c1-13-10-17(14-6-3-2-4-7-14)22-19(20-13)27-12-18(24)21-15-8-5-9-16(11-15)23(25)26/h2-11H,12H2,1H3,(H,21,24). The van der Waals surface area contributed by atoms with Crippen LogP contribution in [0.15, 0.2) is 65.8 Å². The molecule has 0 aliphatic heterocycles. The number of nitro benzene ring substituents is 1. The molecule has 0 radical (unpaired) electrons. The highest BCUT2D eigenvalue weighted by Gasteiger charge is 2.11. The normalized spacial score (nSPS) is 10.4. The molecular formula is C19H16N4O3S. The van der Waals surface area contributed by atoms with E-state index >= 15 is 0 Å². The first-order valence-corrected chi connectivity index (χ1v) is 9.08. The molecule has 2 aromatic carbocycles. The number of rotatable bonds is 6. The summed E-state index contributed by atoms with van der Waals surface area (Å²) in [5, 5.41) is 14.0. The molecule has 0 spiro atoms. The van der Waals surface area contributed by atoms with Gasteiger partial charge in [-0.25, -0.2) is 9.97 Å². The Morgan fingerprint density at radius 3 is 2.63 bits per heavy atom. The Bertz CT molecular complexity index is 980. The smallest absolute Gasteiger partial charge is 0.271 e. The van der Waals surface area contributed by atoms with Gasteiger partial charge in [0, 0.05) is 29.1 Å². The van der Waals surface area contributed by atoms with E-state index in [1.54, 1.807) is 6.07 Å². The Balaban J connectivity index is 1.66. The lowest BCUT2D eigenvalue weighted by Gasteiger charge is -2.07. The molecule has 0 aliphatic carbocycles. The molecule has 136 valence electrons. The van der Waals surface area contributed by atoms with Gasteiger partial charge in [0.2, 0.25) is 5.91 Å². The lowest BCUT2D eigenvalue weighted by atomic mass is 10.1. The summed E-state index contributed by atoms with van der Waals surface area (Å²) in [5.74, 6) is -0.188. The number of carbonyl (C=O) groups is 1. The third-order valence-electron chi connectivity index (χ3n) is 3.58. The number of non-ortho nitro benzene ring substituents is 1. The van der Waals surface area contributed by atoms with Gasteiger partial charge in [-0.05, 0) is 19.1 Å². The summed E-state index contributed by atoms with van der Waals surface area (Å²) < 4.78 is 0. The van der Waals surface area contributed by atoms with E-state index in [-0.39, 0.29) is 17.3 Å². The number of aromatic nitrogens is 2. The average molecular weight is 380 g/mol. The molecule has 0 saturated carbocycles. The van der Waals surface area contributed by atoms with Gasteiger partial charge in [-0.1, -0.05) is 48.2 Å². The molecule has 1 amide bonds. The average Bonchev–Trinajstić information content (AvgIpc) is 2.67. The van der Waals surface area contributed by atoms with Crippen LogP contribution in [0.1, 0.15) is 5.69 Å². The minimum Gasteiger partial charge on any atom is -0.325 e. The zero-order valence-electron chi connectivity index (χ0n) is 14.5. The summed E-state index contributed by atoms with van der Waals surface area (Å²) in [6, 6.07) is 17.4. The number of amides is 1. The zero-order valence-corrected chi connectivity index (χ0v) is 15.3. The van der Waals surface area contributed by atoms with E-state index in [4.69, 9.17) is 0 Å². The van der Waals surface area contributed by atoms with Crippen molar-refractivity contribution in [3.63, 3.8) is 0 Å². The summed E-state index contributed by atoms with van der Waals surface area (Å²) in [4.78, 5) is 31.3. The molecule has 3 aromatic rings. The first kappa shape index (κ1) is 18.5. The monoisotopic (exact) mass is 380 g/mol. The number of benzene rings is 2. The van der Waals surface area contributed by atoms with Crippen molar-refractivity contribution in [1.82, 2.24) is 9.97 Å². The molecule has 0 saturated heterocycles. The zero-order chi connectivity index (χ0) is 19.2. The number of thioether (sulfide) groups is 1. The van der Waals surface area contributed by atoms with Crippen molar-refractivity contribution in [3.8, 4) is 11.3 Å². The molecule has 1 N–H and O–H groups in total. The Hall–Kier alpha value is -3.26. The number of nitro groups is 1. The minimum absolute atomic E-state index is 0.0741. The molecule has 0 unspecified atom stereocenters. The van der Waals surface area contributed by atoms with Crippen LogP contribution in [0.3, 0.4) is 0 Å². The van der Waals surface area contributed by atoms with Crippen LogP contribution in [-0.2, 0) is 4.79 Å². The van der Waals surface area contributed by atoms with Gasteiger partial charge in [-0.2, -0.15) is 0 Å². The number of hydrogen-bond acceptors (Lipinski definition) is 6. The SMILES string of the molecule is Cc1cc(-c2ccccc2)nc(SCC(=O)Nc2cccc([N+](=O)[O-])c2)n1. The van der Waals surface area contributed by atoms with E-state index in [0.717, 1.165) is 17.0 Å². The Labute approximate surface area is 160 Å². The van der Waals surface area contributed by atoms with Crippen molar-refractivity contribution >= 4 is 29.0 Å². The largest absolute Gasteiger partial charge is 0.325 e. The topological polar surface area (TPSA) is 98.0 Å². The van der Waals surface area contributed by atoms with Gasteiger partial charge in [0.1, 0.15) is 0 Å². The van der Waals surface area contributed by atoms with Crippen molar-refractivity contribution < 1.29 is 9.72 Å². The molecule has 27 heavy (non-hydrogen) atoms. The van der Waals surface area contributed by atoms with Crippen LogP contribution >= 0.6 is 11.8 Å². The van der Waals surface area contributed by atoms with Gasteiger partial charge in [-0.3, -0.25) is 14.9 Å². The van der Waals surface area contributed by atoms with Crippen LogP contribution in [0.2, 0.25) is 0 Å². The quantitative estimate of drug-likeness (QED) is 0.299. The van der Waals surface area contributed by atoms with E-state index in [9.17, 15) is 14.9 Å². The Kier molecular flexibility index (Phi) is 5.77. The third kappa shape index (κ3) is 5.11. The number of nitrogens with zero attached hydrogens (tertiary/aromatic N) is 3. The maximum atomic E-state index is 12.1. The number of nitrogens with one attached hydrogen (secondary N) is 1. The van der Waals surface area contributed by atoms with E-state index in [1.807, 2.05) is 43.3 Å². The number of carbonyl (C=O) groups excluding carboxylic acids is 1. The fraction of sp³-hybridized carbons (Fsp3) is 0.105. The van der Waals surface area contributed by atoms with Crippen molar-refractivity contribution in [1.29, 1.82) is 0 Å². The van der Waals surface area contributed by atoms with Gasteiger partial charge in [-0.15, -0.1) is 0 Å². The molecule has 1 aromatic heterocycles. The fourth-order valence-corrected chi connectivity index (χ4v) is 3.09. The van der Waals surface area contributed by atoms with Crippen molar-refractivity contribution in [2.24, 2.45) is 0 Å². The van der Waals surface area contributed by atoms with Crippen LogP contribution in [0, 0.1) is 17.0 Å². The van der Waals surface area contributed by atoms with E-state index in [2.05, 4.69) is 15.3 Å². The van der Waals surface area contributed by atoms with Gasteiger partial charge >= 0.3 is 0 Å². The summed E-state index contributed by atoms with van der Waals surface area (Å²) in [6.07, 6.45) is 0. The number of anilines is 1. The van der Waals surface area contributed by atoms with Crippen LogP contribution in [0.4, 0.5) is 11.4 Å². The second-order valence-corrected chi connectivity index (χ2v) is 6.63. The summed E-state index contributed by atoms with van der Waals surface area (Å²) in [5.41, 5.74) is 2.89. The second-order valence-electron chi connectivity index (χ2n) is 5.69. The maximum absolute atomic E-state index is 12.1. The maximum Gasteiger partial charge on any atom is 0.271 e. The second kappa shape index (κ2) is 8.41. The minimum atomic E-state index is -0.504. The molecule has 7 nitrogen and oxygen atoms in total. The first-order valence-electron chi connectivity index (χ1n) is 8.09. The highest BCUT2D eigenvalue weighted by molar-refractivity contribution is 7.99. The summed E-state index contributed by atoms with van der Waals surface area (Å²) >= 11 is 1.21. The van der Waals surface area contributed by atoms with E-state index in [1.165, 1.54) is 30.0 Å². The fourth-order valence-electron chi connectivity index (χ4n) is 2.39. The predicted molar refractivity (Wildman–Crippen MR) is 105 cm³/mol. The highest BCUT2D eigenvalue weighted by atomic mass is 32.2. The highest BCUT2D eigenvalue weighted by Crippen LogP contribution is 2.22. The Morgan fingerprint density at radius 2 is 1.89 bits per heavy atom. The van der Waals surface area contributed by atoms with Crippen LogP contribution in [0.25, 0.3) is 11.3 Å². The van der Waals surface area contributed by atoms with Crippen LogP contribution in [0.5, 0.6) is 0 Å². The third-order valence-corrected chi connectivity index (χ3v) is 4.42. The van der Waals surface area contributed by atoms with E-state index in [0.29, 0.717) is 10.8 Å². The predicted octanol–water partition coefficient (Wildman–Crippen LogP) is 4.09. The summed E-state index contributed by atoms with van der Waals surface area (Å²) in [7, 11) is 0. The molecule has 1 heterocycles. The molecule has 0 bridgehead atoms. The van der Waals surface area contributed by atoms with Crippen LogP contribution in [-0.4, -0.2) is 26.6 Å². The molecule has 0 fully saturated rings. The number of hydrogen-bond donors (Lipinski definition) is 1. The Morgan fingerprint density at radius 1 is 1.11 bits per heavy atom. The van der Waals surface area contributed by atoms with Gasteiger partial charge in [0.25, 0.3) is 5.69 Å². The lowest BCUT2D eigenvalue weighted by molar-refractivity contribution is -0.384.